The van der Waals surface area contributed by atoms with Crippen molar-refractivity contribution in [1.29, 1.82) is 0 Å². The van der Waals surface area contributed by atoms with Crippen LogP contribution in [0.15, 0.2) is 59.6 Å². The Morgan fingerprint density at radius 3 is 2.61 bits per heavy atom. The van der Waals surface area contributed by atoms with E-state index in [4.69, 9.17) is 9.47 Å². The van der Waals surface area contributed by atoms with Crippen LogP contribution in [0.3, 0.4) is 0 Å². The molecule has 0 saturated heterocycles. The van der Waals surface area contributed by atoms with Crippen molar-refractivity contribution in [2.45, 2.75) is 31.2 Å². The number of aromatic nitrogens is 1. The van der Waals surface area contributed by atoms with Crippen LogP contribution >= 0.6 is 0 Å². The number of ether oxygens (including phenoxy) is 2. The maximum atomic E-state index is 14.5. The number of amides is 1. The van der Waals surface area contributed by atoms with E-state index >= 15 is 0 Å². The standard InChI is InChI=1S/C23H22FN3O5S/c1-2-31-17-4-6-18(7-5-17)32-23-11-15(9-10-25-23)14-26-33(29,30)21-12-16-3-8-22(28)27-20(16)13-19(21)24/h4-7,9-13,26H,2-3,8,14H2,1H3,(H,27,28). The number of sulfonamides is 1. The molecular weight excluding hydrogens is 449 g/mol. The van der Waals surface area contributed by atoms with Gasteiger partial charge in [-0.05, 0) is 66.9 Å². The zero-order valence-corrected chi connectivity index (χ0v) is 18.6. The Morgan fingerprint density at radius 1 is 1.09 bits per heavy atom. The lowest BCUT2D eigenvalue weighted by molar-refractivity contribution is -0.116. The molecule has 0 aliphatic carbocycles. The summed E-state index contributed by atoms with van der Waals surface area (Å²) in [6, 6.07) is 12.6. The predicted octanol–water partition coefficient (Wildman–Crippen LogP) is 3.77. The zero-order chi connectivity index (χ0) is 23.4. The van der Waals surface area contributed by atoms with E-state index in [-0.39, 0.29) is 24.8 Å². The van der Waals surface area contributed by atoms with Crippen molar-refractivity contribution in [3.63, 3.8) is 0 Å². The van der Waals surface area contributed by atoms with Gasteiger partial charge in [-0.25, -0.2) is 22.5 Å². The summed E-state index contributed by atoms with van der Waals surface area (Å²) in [6.07, 6.45) is 2.07. The highest BCUT2D eigenvalue weighted by Crippen LogP contribution is 2.28. The van der Waals surface area contributed by atoms with Gasteiger partial charge in [0.2, 0.25) is 21.8 Å². The van der Waals surface area contributed by atoms with Gasteiger partial charge in [0.1, 0.15) is 22.2 Å². The number of aryl methyl sites for hydroxylation is 1. The Hall–Kier alpha value is -3.50. The van der Waals surface area contributed by atoms with Crippen LogP contribution in [0.5, 0.6) is 17.4 Å². The molecule has 3 aromatic rings. The Kier molecular flexibility index (Phi) is 6.57. The zero-order valence-electron chi connectivity index (χ0n) is 17.8. The fraction of sp³-hybridized carbons (Fsp3) is 0.217. The average Bonchev–Trinajstić information content (AvgIpc) is 2.79. The summed E-state index contributed by atoms with van der Waals surface area (Å²) in [5.74, 6) is 0.394. The minimum absolute atomic E-state index is 0.0856. The highest BCUT2D eigenvalue weighted by atomic mass is 32.2. The summed E-state index contributed by atoms with van der Waals surface area (Å²) >= 11 is 0. The van der Waals surface area contributed by atoms with Crippen molar-refractivity contribution < 1.29 is 27.1 Å². The van der Waals surface area contributed by atoms with Gasteiger partial charge >= 0.3 is 0 Å². The van der Waals surface area contributed by atoms with Crippen LogP contribution in [0.4, 0.5) is 10.1 Å². The number of carbonyl (C=O) groups excluding carboxylic acids is 1. The molecule has 8 nitrogen and oxygen atoms in total. The molecule has 4 rings (SSSR count). The molecule has 172 valence electrons. The minimum Gasteiger partial charge on any atom is -0.494 e. The number of benzene rings is 2. The van der Waals surface area contributed by atoms with E-state index in [1.807, 2.05) is 6.92 Å². The van der Waals surface area contributed by atoms with Gasteiger partial charge in [-0.2, -0.15) is 0 Å². The van der Waals surface area contributed by atoms with Crippen LogP contribution in [-0.2, 0) is 27.8 Å². The van der Waals surface area contributed by atoms with Gasteiger partial charge < -0.3 is 14.8 Å². The smallest absolute Gasteiger partial charge is 0.243 e. The predicted molar refractivity (Wildman–Crippen MR) is 119 cm³/mol. The lowest BCUT2D eigenvalue weighted by Gasteiger charge is -2.18. The number of hydrogen-bond donors (Lipinski definition) is 2. The molecule has 0 spiro atoms. The number of nitrogens with one attached hydrogen (secondary N) is 2. The molecule has 0 saturated carbocycles. The average molecular weight is 472 g/mol. The topological polar surface area (TPSA) is 107 Å². The van der Waals surface area contributed by atoms with Crippen molar-refractivity contribution >= 4 is 21.6 Å². The fourth-order valence-corrected chi connectivity index (χ4v) is 4.47. The van der Waals surface area contributed by atoms with Crippen molar-refractivity contribution in [3.05, 3.63) is 71.7 Å². The second kappa shape index (κ2) is 9.55. The van der Waals surface area contributed by atoms with Crippen molar-refractivity contribution in [2.24, 2.45) is 0 Å². The lowest BCUT2D eigenvalue weighted by atomic mass is 10.0. The number of rotatable bonds is 8. The number of nitrogens with zero attached hydrogens (tertiary/aromatic N) is 1. The van der Waals surface area contributed by atoms with Crippen LogP contribution < -0.4 is 19.5 Å². The van der Waals surface area contributed by atoms with Crippen molar-refractivity contribution in [2.75, 3.05) is 11.9 Å². The second-order valence-corrected chi connectivity index (χ2v) is 9.06. The molecule has 2 aromatic carbocycles. The lowest BCUT2D eigenvalue weighted by Crippen LogP contribution is -2.25. The SMILES string of the molecule is CCOc1ccc(Oc2cc(CNS(=O)(=O)c3cc4c(cc3F)NC(=O)CC4)ccn2)cc1. The largest absolute Gasteiger partial charge is 0.494 e. The van der Waals surface area contributed by atoms with Crippen LogP contribution in [0.25, 0.3) is 0 Å². The van der Waals surface area contributed by atoms with Gasteiger partial charge in [-0.1, -0.05) is 0 Å². The third kappa shape index (κ3) is 5.47. The monoisotopic (exact) mass is 471 g/mol. The van der Waals surface area contributed by atoms with Crippen LogP contribution in [0.1, 0.15) is 24.5 Å². The molecule has 0 bridgehead atoms. The molecule has 1 amide bonds. The van der Waals surface area contributed by atoms with E-state index in [0.717, 1.165) is 11.8 Å². The van der Waals surface area contributed by atoms with Crippen molar-refractivity contribution in [3.8, 4) is 17.4 Å². The summed E-state index contributed by atoms with van der Waals surface area (Å²) in [5.41, 5.74) is 1.46. The Labute approximate surface area is 190 Å². The van der Waals surface area contributed by atoms with Crippen LogP contribution in [0, 0.1) is 5.82 Å². The first kappa shape index (κ1) is 22.7. The number of hydrogen-bond acceptors (Lipinski definition) is 6. The molecule has 0 radical (unpaired) electrons. The maximum absolute atomic E-state index is 14.5. The number of pyridine rings is 1. The summed E-state index contributed by atoms with van der Waals surface area (Å²) in [5, 5.41) is 2.55. The van der Waals surface area contributed by atoms with Gasteiger partial charge in [-0.3, -0.25) is 4.79 Å². The molecule has 0 fully saturated rings. The van der Waals surface area contributed by atoms with Gasteiger partial charge in [-0.15, -0.1) is 0 Å². The third-order valence-corrected chi connectivity index (χ3v) is 6.38. The summed E-state index contributed by atoms with van der Waals surface area (Å²) in [7, 11) is -4.13. The molecule has 1 aliphatic rings. The normalized spacial score (nSPS) is 13.2. The van der Waals surface area contributed by atoms with Gasteiger partial charge in [0, 0.05) is 30.9 Å². The number of fused-ring (bicyclic) bond motifs is 1. The first-order chi connectivity index (χ1) is 15.8. The van der Waals surface area contributed by atoms with Gasteiger partial charge in [0.15, 0.2) is 0 Å². The fourth-order valence-electron chi connectivity index (χ4n) is 3.35. The third-order valence-electron chi connectivity index (χ3n) is 4.97. The Bertz CT molecular complexity index is 1280. The summed E-state index contributed by atoms with van der Waals surface area (Å²) in [6.45, 7) is 2.37. The van der Waals surface area contributed by atoms with Gasteiger partial charge in [0.05, 0.1) is 6.61 Å². The number of halogens is 1. The molecule has 33 heavy (non-hydrogen) atoms. The molecule has 1 aromatic heterocycles. The van der Waals surface area contributed by atoms with Crippen LogP contribution in [-0.4, -0.2) is 25.9 Å². The highest BCUT2D eigenvalue weighted by molar-refractivity contribution is 7.89. The molecule has 0 unspecified atom stereocenters. The molecule has 1 aliphatic heterocycles. The van der Waals surface area contributed by atoms with E-state index in [9.17, 15) is 17.6 Å². The second-order valence-electron chi connectivity index (χ2n) is 7.32. The van der Waals surface area contributed by atoms with E-state index < -0.39 is 20.7 Å². The van der Waals surface area contributed by atoms with E-state index in [2.05, 4.69) is 15.0 Å². The van der Waals surface area contributed by atoms with E-state index in [1.165, 1.54) is 12.3 Å². The van der Waals surface area contributed by atoms with Gasteiger partial charge in [0.25, 0.3) is 0 Å². The van der Waals surface area contributed by atoms with E-state index in [0.29, 0.717) is 35.6 Å². The number of carbonyl (C=O) groups is 1. The van der Waals surface area contributed by atoms with Crippen LogP contribution in [0.2, 0.25) is 0 Å². The first-order valence-corrected chi connectivity index (χ1v) is 11.8. The number of anilines is 1. The van der Waals surface area contributed by atoms with Crippen molar-refractivity contribution in [1.82, 2.24) is 9.71 Å². The first-order valence-electron chi connectivity index (χ1n) is 10.3. The molecular formula is C23H22FN3O5S. The summed E-state index contributed by atoms with van der Waals surface area (Å²) in [4.78, 5) is 15.2. The maximum Gasteiger partial charge on any atom is 0.243 e. The minimum atomic E-state index is -4.13. The molecule has 0 atom stereocenters. The highest BCUT2D eigenvalue weighted by Gasteiger charge is 2.24. The molecule has 2 heterocycles. The molecule has 10 heteroatoms. The Balaban J connectivity index is 1.45. The van der Waals surface area contributed by atoms with E-state index in [1.54, 1.807) is 36.4 Å². The quantitative estimate of drug-likeness (QED) is 0.518. The molecule has 2 N–H and O–H groups in total. The Morgan fingerprint density at radius 2 is 1.85 bits per heavy atom. The summed E-state index contributed by atoms with van der Waals surface area (Å²) < 4.78 is 53.5.